The standard InChI is InChI=1S/C26H28ClF2NO6S/c27-19-7-3-14(25(33)30-17-6-8-20(28)21(29)12-17)9-22(19)37(35,36)18-10-15-4-5-16(11-18)26(15,34)24(32)23(31)13-1-2-13/h3,6-9,12-13,15-16,18,23-24,31-32,34H,1-2,4-5,10-11H2,(H,30,33)/t15?,16?,18?,23-,24+,26?/m0/s1. The van der Waals surface area contributed by atoms with Crippen LogP contribution < -0.4 is 5.32 Å². The van der Waals surface area contributed by atoms with Gasteiger partial charge in [-0.2, -0.15) is 0 Å². The first-order valence-electron chi connectivity index (χ1n) is 12.3. The first-order valence-corrected chi connectivity index (χ1v) is 14.2. The Labute approximate surface area is 218 Å². The number of hydrogen-bond acceptors (Lipinski definition) is 6. The molecule has 37 heavy (non-hydrogen) atoms. The predicted octanol–water partition coefficient (Wildman–Crippen LogP) is 3.70. The first kappa shape index (κ1) is 26.5. The third-order valence-electron chi connectivity index (χ3n) is 8.28. The molecule has 4 atom stereocenters. The van der Waals surface area contributed by atoms with Crippen LogP contribution in [0.5, 0.6) is 0 Å². The van der Waals surface area contributed by atoms with Crippen molar-refractivity contribution in [1.82, 2.24) is 0 Å². The fourth-order valence-electron chi connectivity index (χ4n) is 6.07. The molecule has 200 valence electrons. The molecule has 1 amide bonds. The van der Waals surface area contributed by atoms with Crippen molar-refractivity contribution in [3.63, 3.8) is 0 Å². The lowest BCUT2D eigenvalue weighted by Crippen LogP contribution is -2.59. The van der Waals surface area contributed by atoms with E-state index in [2.05, 4.69) is 5.32 Å². The monoisotopic (exact) mass is 555 g/mol. The second-order valence-electron chi connectivity index (χ2n) is 10.5. The van der Waals surface area contributed by atoms with Crippen molar-refractivity contribution >= 4 is 33.0 Å². The molecule has 3 aliphatic rings. The quantitative estimate of drug-likeness (QED) is 0.413. The van der Waals surface area contributed by atoms with Gasteiger partial charge in [0.25, 0.3) is 5.91 Å². The number of nitrogens with one attached hydrogen (secondary N) is 1. The van der Waals surface area contributed by atoms with Crippen LogP contribution in [-0.2, 0) is 9.84 Å². The van der Waals surface area contributed by atoms with Crippen LogP contribution in [0.15, 0.2) is 41.3 Å². The van der Waals surface area contributed by atoms with Gasteiger partial charge in [0, 0.05) is 17.3 Å². The first-order chi connectivity index (χ1) is 17.4. The average molecular weight is 556 g/mol. The maximum Gasteiger partial charge on any atom is 0.255 e. The zero-order chi connectivity index (χ0) is 26.7. The Kier molecular flexibility index (Phi) is 6.85. The number of anilines is 1. The second-order valence-corrected chi connectivity index (χ2v) is 13.1. The highest BCUT2D eigenvalue weighted by molar-refractivity contribution is 7.92. The van der Waals surface area contributed by atoms with E-state index in [-0.39, 0.29) is 39.9 Å². The number of benzene rings is 2. The minimum Gasteiger partial charge on any atom is -0.390 e. The van der Waals surface area contributed by atoms with Crippen molar-refractivity contribution in [2.45, 2.75) is 66.5 Å². The second kappa shape index (κ2) is 9.57. The van der Waals surface area contributed by atoms with Crippen molar-refractivity contribution in [2.24, 2.45) is 17.8 Å². The van der Waals surface area contributed by atoms with Crippen LogP contribution >= 0.6 is 11.6 Å². The summed E-state index contributed by atoms with van der Waals surface area (Å²) in [5.74, 6) is -3.99. The molecular weight excluding hydrogens is 528 g/mol. The van der Waals surface area contributed by atoms with E-state index in [0.29, 0.717) is 12.8 Å². The molecule has 5 rings (SSSR count). The summed E-state index contributed by atoms with van der Waals surface area (Å²) in [6.45, 7) is 0. The van der Waals surface area contributed by atoms with E-state index in [1.54, 1.807) is 0 Å². The van der Waals surface area contributed by atoms with Gasteiger partial charge in [-0.3, -0.25) is 4.79 Å². The van der Waals surface area contributed by atoms with Crippen molar-refractivity contribution < 1.29 is 37.3 Å². The summed E-state index contributed by atoms with van der Waals surface area (Å²) in [6.07, 6.45) is 0.446. The van der Waals surface area contributed by atoms with Gasteiger partial charge in [-0.1, -0.05) is 11.6 Å². The number of fused-ring (bicyclic) bond motifs is 2. The van der Waals surface area contributed by atoms with Crippen LogP contribution in [-0.4, -0.2) is 52.7 Å². The molecule has 2 bridgehead atoms. The maximum atomic E-state index is 13.7. The predicted molar refractivity (Wildman–Crippen MR) is 132 cm³/mol. The molecule has 7 nitrogen and oxygen atoms in total. The summed E-state index contributed by atoms with van der Waals surface area (Å²) in [6, 6.07) is 6.63. The fourth-order valence-corrected chi connectivity index (χ4v) is 8.47. The minimum absolute atomic E-state index is 0.00154. The van der Waals surface area contributed by atoms with E-state index in [1.165, 1.54) is 18.2 Å². The van der Waals surface area contributed by atoms with Crippen LogP contribution in [0.2, 0.25) is 5.02 Å². The Morgan fingerprint density at radius 1 is 1.00 bits per heavy atom. The summed E-state index contributed by atoms with van der Waals surface area (Å²) in [4.78, 5) is 12.5. The van der Waals surface area contributed by atoms with E-state index in [9.17, 15) is 37.3 Å². The van der Waals surface area contributed by atoms with Crippen molar-refractivity contribution in [3.8, 4) is 0 Å². The van der Waals surface area contributed by atoms with Gasteiger partial charge in [-0.15, -0.1) is 0 Å². The molecule has 0 heterocycles. The number of aliphatic hydroxyl groups excluding tert-OH is 2. The number of sulfone groups is 1. The van der Waals surface area contributed by atoms with Crippen molar-refractivity contribution in [2.75, 3.05) is 5.32 Å². The van der Waals surface area contributed by atoms with Gasteiger partial charge >= 0.3 is 0 Å². The third kappa shape index (κ3) is 4.67. The largest absolute Gasteiger partial charge is 0.390 e. The molecule has 3 saturated carbocycles. The van der Waals surface area contributed by atoms with E-state index < -0.39 is 62.3 Å². The summed E-state index contributed by atoms with van der Waals surface area (Å²) in [5.41, 5.74) is -1.59. The van der Waals surface area contributed by atoms with E-state index in [4.69, 9.17) is 11.6 Å². The molecule has 0 spiro atoms. The van der Waals surface area contributed by atoms with E-state index >= 15 is 0 Å². The Morgan fingerprint density at radius 2 is 1.65 bits per heavy atom. The summed E-state index contributed by atoms with van der Waals surface area (Å²) >= 11 is 6.26. The number of rotatable bonds is 7. The molecule has 3 fully saturated rings. The summed E-state index contributed by atoms with van der Waals surface area (Å²) < 4.78 is 54.0. The van der Waals surface area contributed by atoms with Crippen LogP contribution in [0.25, 0.3) is 0 Å². The highest BCUT2D eigenvalue weighted by Crippen LogP contribution is 2.55. The molecule has 4 N–H and O–H groups in total. The molecule has 0 aromatic heterocycles. The van der Waals surface area contributed by atoms with Crippen LogP contribution in [0, 0.1) is 29.4 Å². The SMILES string of the molecule is O=C(Nc1ccc(F)c(F)c1)c1ccc(Cl)c(S(=O)(=O)C2CC3CCC(C2)C3(O)[C@H](O)[C@@H](O)C2CC2)c1. The molecule has 2 aromatic carbocycles. The topological polar surface area (TPSA) is 124 Å². The van der Waals surface area contributed by atoms with Crippen molar-refractivity contribution in [3.05, 3.63) is 58.6 Å². The number of amides is 1. The van der Waals surface area contributed by atoms with Crippen LogP contribution in [0.3, 0.4) is 0 Å². The molecule has 2 unspecified atom stereocenters. The Morgan fingerprint density at radius 3 is 2.24 bits per heavy atom. The van der Waals surface area contributed by atoms with E-state index in [0.717, 1.165) is 31.0 Å². The number of carbonyl (C=O) groups excluding carboxylic acids is 1. The smallest absolute Gasteiger partial charge is 0.255 e. The van der Waals surface area contributed by atoms with Gasteiger partial charge in [0.2, 0.25) is 0 Å². The normalized spacial score (nSPS) is 29.1. The summed E-state index contributed by atoms with van der Waals surface area (Å²) in [7, 11) is -4.04. The van der Waals surface area contributed by atoms with Gasteiger partial charge in [0.15, 0.2) is 21.5 Å². The third-order valence-corrected chi connectivity index (χ3v) is 10.9. The van der Waals surface area contributed by atoms with Gasteiger partial charge in [0.1, 0.15) is 6.10 Å². The maximum absolute atomic E-state index is 13.7. The van der Waals surface area contributed by atoms with Crippen LogP contribution in [0.4, 0.5) is 14.5 Å². The molecule has 2 aromatic rings. The van der Waals surface area contributed by atoms with Gasteiger partial charge in [-0.25, -0.2) is 17.2 Å². The molecule has 0 saturated heterocycles. The zero-order valence-corrected chi connectivity index (χ0v) is 21.4. The highest BCUT2D eigenvalue weighted by Gasteiger charge is 2.61. The average Bonchev–Trinajstić information content (AvgIpc) is 3.68. The Balaban J connectivity index is 1.37. The number of hydrogen-bond donors (Lipinski definition) is 4. The molecule has 0 radical (unpaired) electrons. The van der Waals surface area contributed by atoms with Crippen molar-refractivity contribution in [1.29, 1.82) is 0 Å². The van der Waals surface area contributed by atoms with Gasteiger partial charge in [-0.05, 0) is 86.6 Å². The van der Waals surface area contributed by atoms with E-state index in [1.807, 2.05) is 0 Å². The number of halogens is 3. The Hall–Kier alpha value is -2.11. The fraction of sp³-hybridized carbons (Fsp3) is 0.500. The lowest BCUT2D eigenvalue weighted by atomic mass is 9.69. The van der Waals surface area contributed by atoms with Gasteiger partial charge in [0.05, 0.1) is 26.9 Å². The molecular formula is C26H28ClF2NO6S. The molecule has 0 aliphatic heterocycles. The number of carbonyl (C=O) groups is 1. The lowest BCUT2D eigenvalue weighted by molar-refractivity contribution is -0.179. The number of aliphatic hydroxyl groups is 3. The summed E-state index contributed by atoms with van der Waals surface area (Å²) in [5, 5.41) is 34.2. The Bertz CT molecular complexity index is 1320. The molecule has 3 aliphatic carbocycles. The zero-order valence-electron chi connectivity index (χ0n) is 19.8. The highest BCUT2D eigenvalue weighted by atomic mass is 35.5. The molecule has 11 heteroatoms. The van der Waals surface area contributed by atoms with Gasteiger partial charge < -0.3 is 20.6 Å². The van der Waals surface area contributed by atoms with Crippen LogP contribution in [0.1, 0.15) is 48.9 Å². The minimum atomic E-state index is -4.04. The lowest BCUT2D eigenvalue weighted by Gasteiger charge is -2.46.